The molecule has 0 bridgehead atoms. The van der Waals surface area contributed by atoms with Gasteiger partial charge in [0.05, 0.1) is 24.3 Å². The van der Waals surface area contributed by atoms with E-state index < -0.39 is 10.0 Å². The van der Waals surface area contributed by atoms with Gasteiger partial charge < -0.3 is 9.64 Å². The molecule has 2 aromatic carbocycles. The highest BCUT2D eigenvalue weighted by Gasteiger charge is 2.25. The predicted molar refractivity (Wildman–Crippen MR) is 118 cm³/mol. The second-order valence-corrected chi connectivity index (χ2v) is 8.88. The maximum Gasteiger partial charge on any atom is 0.276 e. The third-order valence-corrected chi connectivity index (χ3v) is 6.43. The molecule has 1 aliphatic heterocycles. The van der Waals surface area contributed by atoms with E-state index in [9.17, 15) is 8.42 Å². The lowest BCUT2D eigenvalue weighted by molar-refractivity contribution is 0.0548. The minimum atomic E-state index is -3.68. The van der Waals surface area contributed by atoms with E-state index in [2.05, 4.69) is 33.0 Å². The fourth-order valence-corrected chi connectivity index (χ4v) is 4.56. The first-order chi connectivity index (χ1) is 14.6. The number of nitrogens with zero attached hydrogens (tertiary/aromatic N) is 2. The highest BCUT2D eigenvalue weighted by molar-refractivity contribution is 7.89. The summed E-state index contributed by atoms with van der Waals surface area (Å²) in [5, 5.41) is 4.08. The van der Waals surface area contributed by atoms with Crippen molar-refractivity contribution in [3.63, 3.8) is 0 Å². The van der Waals surface area contributed by atoms with Gasteiger partial charge in [0, 0.05) is 18.8 Å². The second-order valence-electron chi connectivity index (χ2n) is 7.22. The number of hydrogen-bond donors (Lipinski definition) is 1. The van der Waals surface area contributed by atoms with Crippen molar-refractivity contribution < 1.29 is 13.2 Å². The van der Waals surface area contributed by atoms with Gasteiger partial charge in [-0.05, 0) is 47.8 Å². The maximum absolute atomic E-state index is 12.4. The lowest BCUT2D eigenvalue weighted by Crippen LogP contribution is -2.36. The molecule has 0 amide bonds. The van der Waals surface area contributed by atoms with Gasteiger partial charge in [0.2, 0.25) is 0 Å². The van der Waals surface area contributed by atoms with Gasteiger partial charge in [0.25, 0.3) is 10.0 Å². The third-order valence-electron chi connectivity index (χ3n) is 5.19. The minimum Gasteiger partial charge on any atom is -0.378 e. The zero-order valence-electron chi connectivity index (χ0n) is 16.7. The normalized spacial score (nSPS) is 19.1. The molecular formula is C23H25N3O3S. The average Bonchev–Trinajstić information content (AvgIpc) is 3.18. The molecule has 0 atom stereocenters. The summed E-state index contributed by atoms with van der Waals surface area (Å²) >= 11 is 0. The molecule has 1 N–H and O–H groups in total. The van der Waals surface area contributed by atoms with Crippen LogP contribution in [0.3, 0.4) is 0 Å². The molecule has 156 valence electrons. The number of rotatable bonds is 6. The molecule has 0 unspecified atom stereocenters. The zero-order chi connectivity index (χ0) is 20.8. The predicted octanol–water partition coefficient (Wildman–Crippen LogP) is 3.41. The van der Waals surface area contributed by atoms with Crippen LogP contribution in [-0.2, 0) is 14.8 Å². The number of hydrazone groups is 1. The SMILES string of the molecule is O=S(=O)(N/N=C\C1=C(N2CCOCC2)C(=C/c2ccccc2)/CC1)c1ccccc1. The van der Waals surface area contributed by atoms with Crippen molar-refractivity contribution in [2.45, 2.75) is 17.7 Å². The fourth-order valence-electron chi connectivity index (χ4n) is 3.75. The lowest BCUT2D eigenvalue weighted by Gasteiger charge is -2.31. The fraction of sp³-hybridized carbons (Fsp3) is 0.261. The molecule has 1 fully saturated rings. The molecule has 4 rings (SSSR count). The standard InChI is InChI=1S/C23H25N3O3S/c27-30(28,22-9-5-2-6-10-22)25-24-18-21-12-11-20(17-19-7-3-1-4-8-19)23(21)26-13-15-29-16-14-26/h1-10,17-18,25H,11-16H2/b20-17+,24-18-. The van der Waals surface area contributed by atoms with Crippen molar-refractivity contribution in [3.8, 4) is 0 Å². The summed E-state index contributed by atoms with van der Waals surface area (Å²) in [5.74, 6) is 0. The molecule has 0 spiro atoms. The first-order valence-corrected chi connectivity index (χ1v) is 11.5. The van der Waals surface area contributed by atoms with E-state index in [0.717, 1.165) is 42.8 Å². The van der Waals surface area contributed by atoms with Gasteiger partial charge in [-0.3, -0.25) is 0 Å². The summed E-state index contributed by atoms with van der Waals surface area (Å²) < 4.78 is 30.3. The topological polar surface area (TPSA) is 71.0 Å². The Hall–Kier alpha value is -2.90. The van der Waals surface area contributed by atoms with Crippen molar-refractivity contribution >= 4 is 22.3 Å². The Balaban J connectivity index is 1.60. The Morgan fingerprint density at radius 3 is 2.30 bits per heavy atom. The van der Waals surface area contributed by atoms with Crippen LogP contribution in [0.4, 0.5) is 0 Å². The van der Waals surface area contributed by atoms with Gasteiger partial charge in [0.1, 0.15) is 0 Å². The second kappa shape index (κ2) is 9.28. The van der Waals surface area contributed by atoms with E-state index >= 15 is 0 Å². The molecule has 7 heteroatoms. The van der Waals surface area contributed by atoms with E-state index in [4.69, 9.17) is 4.74 Å². The Labute approximate surface area is 177 Å². The molecule has 1 heterocycles. The van der Waals surface area contributed by atoms with Crippen LogP contribution in [0.5, 0.6) is 0 Å². The van der Waals surface area contributed by atoms with Crippen LogP contribution in [0.2, 0.25) is 0 Å². The monoisotopic (exact) mass is 423 g/mol. The van der Waals surface area contributed by atoms with Crippen molar-refractivity contribution in [3.05, 3.63) is 83.1 Å². The molecule has 0 aromatic heterocycles. The number of allylic oxidation sites excluding steroid dienone is 2. The Kier molecular flexibility index (Phi) is 6.30. The summed E-state index contributed by atoms with van der Waals surface area (Å²) in [6.45, 7) is 3.00. The molecule has 0 saturated carbocycles. The van der Waals surface area contributed by atoms with E-state index in [1.165, 1.54) is 5.57 Å². The molecule has 2 aliphatic rings. The van der Waals surface area contributed by atoms with Crippen LogP contribution in [0, 0.1) is 0 Å². The van der Waals surface area contributed by atoms with Crippen LogP contribution in [0.1, 0.15) is 18.4 Å². The first-order valence-electron chi connectivity index (χ1n) is 10.1. The molecule has 0 radical (unpaired) electrons. The van der Waals surface area contributed by atoms with Crippen molar-refractivity contribution in [1.82, 2.24) is 9.73 Å². The Bertz CT molecular complexity index is 1060. The number of hydrogen-bond acceptors (Lipinski definition) is 5. The summed E-state index contributed by atoms with van der Waals surface area (Å²) in [6, 6.07) is 18.5. The summed E-state index contributed by atoms with van der Waals surface area (Å²) in [7, 11) is -3.68. The molecule has 30 heavy (non-hydrogen) atoms. The zero-order valence-corrected chi connectivity index (χ0v) is 17.5. The number of sulfonamides is 1. The van der Waals surface area contributed by atoms with Crippen molar-refractivity contribution in [2.75, 3.05) is 26.3 Å². The number of morpholine rings is 1. The van der Waals surface area contributed by atoms with Gasteiger partial charge in [-0.1, -0.05) is 48.5 Å². The third kappa shape index (κ3) is 4.80. The lowest BCUT2D eigenvalue weighted by atomic mass is 10.1. The smallest absolute Gasteiger partial charge is 0.276 e. The largest absolute Gasteiger partial charge is 0.378 e. The van der Waals surface area contributed by atoms with Gasteiger partial charge >= 0.3 is 0 Å². The summed E-state index contributed by atoms with van der Waals surface area (Å²) in [5.41, 5.74) is 4.58. The molecule has 2 aromatic rings. The van der Waals surface area contributed by atoms with Crippen LogP contribution in [0.25, 0.3) is 6.08 Å². The van der Waals surface area contributed by atoms with E-state index in [1.54, 1.807) is 36.5 Å². The minimum absolute atomic E-state index is 0.195. The van der Waals surface area contributed by atoms with E-state index in [1.807, 2.05) is 18.2 Å². The number of ether oxygens (including phenoxy) is 1. The van der Waals surface area contributed by atoms with Gasteiger partial charge in [-0.15, -0.1) is 0 Å². The van der Waals surface area contributed by atoms with Crippen LogP contribution in [-0.4, -0.2) is 45.8 Å². The average molecular weight is 424 g/mol. The van der Waals surface area contributed by atoms with E-state index in [0.29, 0.717) is 13.2 Å². The van der Waals surface area contributed by atoms with Gasteiger partial charge in [-0.25, -0.2) is 4.83 Å². The van der Waals surface area contributed by atoms with Gasteiger partial charge in [-0.2, -0.15) is 13.5 Å². The molecule has 1 aliphatic carbocycles. The molecular weight excluding hydrogens is 398 g/mol. The Morgan fingerprint density at radius 1 is 0.933 bits per heavy atom. The maximum atomic E-state index is 12.4. The highest BCUT2D eigenvalue weighted by Crippen LogP contribution is 2.35. The quantitative estimate of drug-likeness (QED) is 0.571. The van der Waals surface area contributed by atoms with E-state index in [-0.39, 0.29) is 4.90 Å². The Morgan fingerprint density at radius 2 is 1.60 bits per heavy atom. The summed E-state index contributed by atoms with van der Waals surface area (Å²) in [6.07, 6.45) is 5.58. The van der Waals surface area contributed by atoms with Gasteiger partial charge in [0.15, 0.2) is 0 Å². The summed E-state index contributed by atoms with van der Waals surface area (Å²) in [4.78, 5) is 4.85. The molecule has 1 saturated heterocycles. The van der Waals surface area contributed by atoms with Crippen LogP contribution < -0.4 is 4.83 Å². The van der Waals surface area contributed by atoms with Crippen molar-refractivity contribution in [2.24, 2.45) is 5.10 Å². The number of benzene rings is 2. The van der Waals surface area contributed by atoms with Crippen molar-refractivity contribution in [1.29, 1.82) is 0 Å². The highest BCUT2D eigenvalue weighted by atomic mass is 32.2. The molecule has 6 nitrogen and oxygen atoms in total. The first kappa shape index (κ1) is 20.4. The number of nitrogens with one attached hydrogen (secondary N) is 1. The van der Waals surface area contributed by atoms with Crippen LogP contribution in [0.15, 0.2) is 87.5 Å². The van der Waals surface area contributed by atoms with Crippen LogP contribution >= 0.6 is 0 Å².